The fourth-order valence-electron chi connectivity index (χ4n) is 2.34. The van der Waals surface area contributed by atoms with E-state index in [-0.39, 0.29) is 16.4 Å². The SMILES string of the molecule is Cc1nn(-c2ccc(F)cc2)c(Cl)c1C(=O)O[C@H](C(=O)NC(N)=O)C(C)C. The van der Waals surface area contributed by atoms with Crippen LogP contribution in [0.5, 0.6) is 0 Å². The molecule has 2 rings (SSSR count). The van der Waals surface area contributed by atoms with Gasteiger partial charge in [-0.1, -0.05) is 25.4 Å². The number of hydrogen-bond acceptors (Lipinski definition) is 5. The summed E-state index contributed by atoms with van der Waals surface area (Å²) in [7, 11) is 0. The molecule has 0 saturated heterocycles. The molecule has 1 aromatic heterocycles. The van der Waals surface area contributed by atoms with Crippen LogP contribution in [0, 0.1) is 18.7 Å². The van der Waals surface area contributed by atoms with Crippen molar-refractivity contribution in [2.75, 3.05) is 0 Å². The number of esters is 1. The number of aromatic nitrogens is 2. The molecule has 1 aromatic carbocycles. The molecule has 0 aliphatic carbocycles. The number of halogens is 2. The van der Waals surface area contributed by atoms with Gasteiger partial charge < -0.3 is 10.5 Å². The molecule has 1 atom stereocenters. The number of ether oxygens (including phenoxy) is 1. The van der Waals surface area contributed by atoms with Crippen LogP contribution in [-0.2, 0) is 9.53 Å². The molecule has 3 amide bonds. The van der Waals surface area contributed by atoms with Crippen molar-refractivity contribution in [1.29, 1.82) is 0 Å². The van der Waals surface area contributed by atoms with Crippen molar-refractivity contribution in [1.82, 2.24) is 15.1 Å². The second-order valence-electron chi connectivity index (χ2n) is 6.06. The monoisotopic (exact) mass is 396 g/mol. The number of hydrogen-bond donors (Lipinski definition) is 2. The average molecular weight is 397 g/mol. The van der Waals surface area contributed by atoms with E-state index in [4.69, 9.17) is 22.1 Å². The van der Waals surface area contributed by atoms with Crippen LogP contribution in [0.15, 0.2) is 24.3 Å². The Morgan fingerprint density at radius 1 is 1.26 bits per heavy atom. The molecule has 0 unspecified atom stereocenters. The molecule has 2 aromatic rings. The van der Waals surface area contributed by atoms with Gasteiger partial charge >= 0.3 is 12.0 Å². The van der Waals surface area contributed by atoms with Crippen molar-refractivity contribution in [2.24, 2.45) is 11.7 Å². The van der Waals surface area contributed by atoms with Crippen LogP contribution in [0.2, 0.25) is 5.15 Å². The lowest BCUT2D eigenvalue weighted by Gasteiger charge is -2.19. The van der Waals surface area contributed by atoms with Gasteiger partial charge in [-0.15, -0.1) is 0 Å². The Kier molecular flexibility index (Phi) is 6.17. The van der Waals surface area contributed by atoms with Crippen molar-refractivity contribution >= 4 is 29.5 Å². The maximum atomic E-state index is 13.1. The summed E-state index contributed by atoms with van der Waals surface area (Å²) in [5.74, 6) is -2.59. The zero-order valence-corrected chi connectivity index (χ0v) is 15.6. The molecule has 0 spiro atoms. The van der Waals surface area contributed by atoms with Crippen LogP contribution in [-0.4, -0.2) is 33.8 Å². The van der Waals surface area contributed by atoms with E-state index >= 15 is 0 Å². The number of rotatable bonds is 5. The van der Waals surface area contributed by atoms with Crippen LogP contribution in [0.25, 0.3) is 5.69 Å². The maximum Gasteiger partial charge on any atom is 0.344 e. The molecule has 0 aliphatic rings. The van der Waals surface area contributed by atoms with Gasteiger partial charge in [-0.05, 0) is 37.1 Å². The van der Waals surface area contributed by atoms with Gasteiger partial charge in [-0.3, -0.25) is 10.1 Å². The van der Waals surface area contributed by atoms with Crippen LogP contribution in [0.3, 0.4) is 0 Å². The van der Waals surface area contributed by atoms with Crippen molar-refractivity contribution in [3.05, 3.63) is 46.5 Å². The Hall–Kier alpha value is -2.94. The molecule has 0 saturated carbocycles. The Labute approximate surface area is 159 Å². The molecular weight excluding hydrogens is 379 g/mol. The second-order valence-corrected chi connectivity index (χ2v) is 6.42. The summed E-state index contributed by atoms with van der Waals surface area (Å²) in [5.41, 5.74) is 5.58. The highest BCUT2D eigenvalue weighted by atomic mass is 35.5. The van der Waals surface area contributed by atoms with Gasteiger partial charge in [-0.25, -0.2) is 18.7 Å². The van der Waals surface area contributed by atoms with E-state index in [9.17, 15) is 18.8 Å². The largest absolute Gasteiger partial charge is 0.448 e. The van der Waals surface area contributed by atoms with E-state index in [1.54, 1.807) is 13.8 Å². The van der Waals surface area contributed by atoms with Crippen LogP contribution < -0.4 is 11.1 Å². The van der Waals surface area contributed by atoms with Crippen LogP contribution in [0.1, 0.15) is 29.9 Å². The number of nitrogens with zero attached hydrogens (tertiary/aromatic N) is 2. The van der Waals surface area contributed by atoms with E-state index in [1.807, 2.05) is 5.32 Å². The van der Waals surface area contributed by atoms with Gasteiger partial charge in [0.05, 0.1) is 11.4 Å². The van der Waals surface area contributed by atoms with Crippen molar-refractivity contribution < 1.29 is 23.5 Å². The average Bonchev–Trinajstić information content (AvgIpc) is 2.86. The van der Waals surface area contributed by atoms with Gasteiger partial charge in [-0.2, -0.15) is 5.10 Å². The number of nitrogens with two attached hydrogens (primary N) is 1. The molecule has 0 fully saturated rings. The predicted molar refractivity (Wildman–Crippen MR) is 95.0 cm³/mol. The summed E-state index contributed by atoms with van der Waals surface area (Å²) >= 11 is 6.26. The van der Waals surface area contributed by atoms with E-state index in [2.05, 4.69) is 5.10 Å². The van der Waals surface area contributed by atoms with E-state index in [1.165, 1.54) is 35.9 Å². The molecule has 10 heteroatoms. The summed E-state index contributed by atoms with van der Waals surface area (Å²) in [6.07, 6.45) is -1.25. The number of amides is 3. The van der Waals surface area contributed by atoms with Gasteiger partial charge in [0, 0.05) is 0 Å². The van der Waals surface area contributed by atoms with E-state index in [0.29, 0.717) is 5.69 Å². The van der Waals surface area contributed by atoms with Gasteiger partial charge in [0.25, 0.3) is 5.91 Å². The number of aryl methyl sites for hydroxylation is 1. The Morgan fingerprint density at radius 2 is 1.85 bits per heavy atom. The highest BCUT2D eigenvalue weighted by molar-refractivity contribution is 6.33. The first kappa shape index (κ1) is 20.4. The molecule has 27 heavy (non-hydrogen) atoms. The van der Waals surface area contributed by atoms with Crippen LogP contribution in [0.4, 0.5) is 9.18 Å². The number of carbonyl (C=O) groups excluding carboxylic acids is 3. The number of urea groups is 1. The first-order valence-electron chi connectivity index (χ1n) is 7.94. The lowest BCUT2D eigenvalue weighted by atomic mass is 10.1. The standard InChI is InChI=1S/C17H18ClFN4O4/c1-8(2)13(15(24)21-17(20)26)27-16(25)12-9(3)22-23(14(12)18)11-6-4-10(19)5-7-11/h4-8,13H,1-3H3,(H3,20,21,24,26)/t13-/m0/s1. The van der Waals surface area contributed by atoms with E-state index in [0.717, 1.165) is 0 Å². The lowest BCUT2D eigenvalue weighted by Crippen LogP contribution is -2.45. The maximum absolute atomic E-state index is 13.1. The molecule has 3 N–H and O–H groups in total. The predicted octanol–water partition coefficient (Wildman–Crippen LogP) is 2.35. The Morgan fingerprint density at radius 3 is 2.37 bits per heavy atom. The molecule has 0 radical (unpaired) electrons. The minimum atomic E-state index is -1.25. The fraction of sp³-hybridized carbons (Fsp3) is 0.294. The summed E-state index contributed by atoms with van der Waals surface area (Å²) in [4.78, 5) is 35.5. The molecule has 1 heterocycles. The van der Waals surface area contributed by atoms with Gasteiger partial charge in [0.2, 0.25) is 0 Å². The zero-order valence-electron chi connectivity index (χ0n) is 14.8. The number of benzene rings is 1. The summed E-state index contributed by atoms with van der Waals surface area (Å²) in [6.45, 7) is 4.81. The second kappa shape index (κ2) is 8.17. The third-order valence-electron chi connectivity index (χ3n) is 3.62. The minimum absolute atomic E-state index is 0.0430. The zero-order chi connectivity index (χ0) is 20.3. The molecule has 0 aliphatic heterocycles. The normalized spacial score (nSPS) is 11.9. The van der Waals surface area contributed by atoms with Gasteiger partial charge in [0.1, 0.15) is 16.5 Å². The molecule has 8 nitrogen and oxygen atoms in total. The lowest BCUT2D eigenvalue weighted by molar-refractivity contribution is -0.130. The smallest absolute Gasteiger partial charge is 0.344 e. The van der Waals surface area contributed by atoms with Gasteiger partial charge in [0.15, 0.2) is 6.10 Å². The van der Waals surface area contributed by atoms with Crippen molar-refractivity contribution in [3.63, 3.8) is 0 Å². The first-order valence-corrected chi connectivity index (χ1v) is 8.32. The summed E-state index contributed by atoms with van der Waals surface area (Å²) in [6, 6.07) is 4.29. The molecule has 144 valence electrons. The third kappa shape index (κ3) is 4.62. The van der Waals surface area contributed by atoms with Crippen LogP contribution >= 0.6 is 11.6 Å². The first-order chi connectivity index (χ1) is 12.6. The Bertz CT molecular complexity index is 880. The van der Waals surface area contributed by atoms with E-state index < -0.39 is 35.7 Å². The Balaban J connectivity index is 2.31. The molecular formula is C17H18ClFN4O4. The van der Waals surface area contributed by atoms with Crippen molar-refractivity contribution in [2.45, 2.75) is 26.9 Å². The third-order valence-corrected chi connectivity index (χ3v) is 3.97. The molecule has 0 bridgehead atoms. The highest BCUT2D eigenvalue weighted by Gasteiger charge is 2.31. The number of primary amides is 1. The summed E-state index contributed by atoms with van der Waals surface area (Å²) in [5, 5.41) is 5.99. The topological polar surface area (TPSA) is 116 Å². The minimum Gasteiger partial charge on any atom is -0.448 e. The summed E-state index contributed by atoms with van der Waals surface area (Å²) < 4.78 is 19.6. The number of nitrogens with one attached hydrogen (secondary N) is 1. The number of carbonyl (C=O) groups is 3. The fourth-order valence-corrected chi connectivity index (χ4v) is 2.69. The quantitative estimate of drug-likeness (QED) is 0.752. The van der Waals surface area contributed by atoms with Crippen molar-refractivity contribution in [3.8, 4) is 5.69 Å². The highest BCUT2D eigenvalue weighted by Crippen LogP contribution is 2.25. The number of imide groups is 1.